The molecular weight excluding hydrogens is 339 g/mol. The monoisotopic (exact) mass is 356 g/mol. The zero-order valence-corrected chi connectivity index (χ0v) is 14.9. The zero-order valence-electron chi connectivity index (χ0n) is 13.4. The third kappa shape index (κ3) is 3.28. The van der Waals surface area contributed by atoms with E-state index >= 15 is 0 Å². The summed E-state index contributed by atoms with van der Waals surface area (Å²) in [5.41, 5.74) is 6.51. The van der Waals surface area contributed by atoms with Gasteiger partial charge >= 0.3 is 0 Å². The van der Waals surface area contributed by atoms with Crippen LogP contribution in [0.1, 0.15) is 11.1 Å². The van der Waals surface area contributed by atoms with Gasteiger partial charge in [-0.15, -0.1) is 23.2 Å². The Bertz CT molecular complexity index is 828. The van der Waals surface area contributed by atoms with Crippen LogP contribution in [-0.2, 0) is 11.8 Å². The fourth-order valence-electron chi connectivity index (χ4n) is 2.91. The van der Waals surface area contributed by atoms with E-state index in [1.165, 1.54) is 0 Å². The number of rotatable bonds is 5. The molecule has 122 valence electrons. The first kappa shape index (κ1) is 16.9. The number of benzene rings is 3. The number of hydrogen-bond donors (Lipinski definition) is 0. The average Bonchev–Trinajstić information content (AvgIpc) is 2.67. The molecule has 0 aliphatic carbocycles. The lowest BCUT2D eigenvalue weighted by atomic mass is 9.91. The van der Waals surface area contributed by atoms with Crippen molar-refractivity contribution in [1.29, 1.82) is 0 Å². The van der Waals surface area contributed by atoms with Crippen molar-refractivity contribution in [2.24, 2.45) is 0 Å². The van der Waals surface area contributed by atoms with Gasteiger partial charge in [0.2, 0.25) is 0 Å². The smallest absolute Gasteiger partial charge is 0.126 e. The molecule has 0 saturated carbocycles. The average molecular weight is 357 g/mol. The molecule has 0 unspecified atom stereocenters. The van der Waals surface area contributed by atoms with Crippen LogP contribution in [0.5, 0.6) is 5.75 Å². The molecule has 0 aromatic heterocycles. The molecule has 3 aromatic rings. The van der Waals surface area contributed by atoms with Crippen LogP contribution in [0.2, 0.25) is 0 Å². The van der Waals surface area contributed by atoms with Crippen molar-refractivity contribution in [3.63, 3.8) is 0 Å². The Labute approximate surface area is 152 Å². The first-order valence-corrected chi connectivity index (χ1v) is 8.82. The van der Waals surface area contributed by atoms with Gasteiger partial charge in [0.25, 0.3) is 0 Å². The maximum absolute atomic E-state index is 6.26. The molecule has 0 bridgehead atoms. The van der Waals surface area contributed by atoms with Crippen molar-refractivity contribution in [2.75, 3.05) is 7.11 Å². The summed E-state index contributed by atoms with van der Waals surface area (Å²) in [6.07, 6.45) is 0. The first-order chi connectivity index (χ1) is 11.8. The van der Waals surface area contributed by atoms with E-state index in [0.717, 1.165) is 39.1 Å². The summed E-state index contributed by atoms with van der Waals surface area (Å²) in [6, 6.07) is 22.5. The molecule has 0 aliphatic heterocycles. The Morgan fingerprint density at radius 2 is 1.29 bits per heavy atom. The molecule has 1 nitrogen and oxygen atoms in total. The lowest BCUT2D eigenvalue weighted by Gasteiger charge is -2.16. The fourth-order valence-corrected chi connectivity index (χ4v) is 3.36. The summed E-state index contributed by atoms with van der Waals surface area (Å²) in [5, 5.41) is 0. The van der Waals surface area contributed by atoms with Crippen LogP contribution in [0, 0.1) is 0 Å². The summed E-state index contributed by atoms with van der Waals surface area (Å²) in [4.78, 5) is 0. The molecule has 3 aromatic carbocycles. The van der Waals surface area contributed by atoms with E-state index in [9.17, 15) is 0 Å². The van der Waals surface area contributed by atoms with Crippen molar-refractivity contribution in [3.05, 3.63) is 77.9 Å². The highest BCUT2D eigenvalue weighted by atomic mass is 35.5. The Hall–Kier alpha value is -1.96. The Balaban J connectivity index is 2.22. The lowest BCUT2D eigenvalue weighted by molar-refractivity contribution is 0.416. The van der Waals surface area contributed by atoms with Gasteiger partial charge in [-0.05, 0) is 46.0 Å². The molecule has 3 rings (SSSR count). The number of halogens is 2. The first-order valence-electron chi connectivity index (χ1n) is 7.75. The standard InChI is InChI=1S/C21H18Cl2O/c1-24-21-10-6-5-9-18(21)20-12-16(13-22)19(11-17(20)14-23)15-7-3-2-4-8-15/h2-12H,13-14H2,1H3. The second-order valence-corrected chi connectivity index (χ2v) is 6.03. The Kier molecular flexibility index (Phi) is 5.44. The molecule has 3 heteroatoms. The summed E-state index contributed by atoms with van der Waals surface area (Å²) in [5.74, 6) is 1.70. The van der Waals surface area contributed by atoms with Crippen molar-refractivity contribution in [2.45, 2.75) is 11.8 Å². The van der Waals surface area contributed by atoms with Crippen LogP contribution in [0.25, 0.3) is 22.3 Å². The van der Waals surface area contributed by atoms with E-state index in [1.807, 2.05) is 42.5 Å². The third-order valence-corrected chi connectivity index (χ3v) is 4.67. The Morgan fingerprint density at radius 1 is 0.708 bits per heavy atom. The highest BCUT2D eigenvalue weighted by molar-refractivity contribution is 6.18. The number of alkyl halides is 2. The van der Waals surface area contributed by atoms with E-state index in [1.54, 1.807) is 7.11 Å². The molecule has 0 N–H and O–H groups in total. The van der Waals surface area contributed by atoms with E-state index in [0.29, 0.717) is 11.8 Å². The van der Waals surface area contributed by atoms with Crippen molar-refractivity contribution in [1.82, 2.24) is 0 Å². The lowest BCUT2D eigenvalue weighted by Crippen LogP contribution is -1.96. The third-order valence-electron chi connectivity index (χ3n) is 4.10. The quantitative estimate of drug-likeness (QED) is 0.473. The van der Waals surface area contributed by atoms with Gasteiger partial charge in [0, 0.05) is 17.3 Å². The minimum atomic E-state index is 0.426. The van der Waals surface area contributed by atoms with Crippen LogP contribution in [0.15, 0.2) is 66.7 Å². The topological polar surface area (TPSA) is 9.23 Å². The maximum atomic E-state index is 6.26. The highest BCUT2D eigenvalue weighted by Gasteiger charge is 2.14. The molecule has 0 spiro atoms. The molecule has 0 saturated heterocycles. The van der Waals surface area contributed by atoms with Crippen LogP contribution < -0.4 is 4.74 Å². The fraction of sp³-hybridized carbons (Fsp3) is 0.143. The minimum absolute atomic E-state index is 0.426. The molecular formula is C21H18Cl2O. The van der Waals surface area contributed by atoms with Crippen LogP contribution in [0.4, 0.5) is 0 Å². The zero-order chi connectivity index (χ0) is 16.9. The van der Waals surface area contributed by atoms with E-state index in [-0.39, 0.29) is 0 Å². The second kappa shape index (κ2) is 7.74. The molecule has 0 radical (unpaired) electrons. The van der Waals surface area contributed by atoms with Crippen molar-refractivity contribution < 1.29 is 4.74 Å². The minimum Gasteiger partial charge on any atom is -0.496 e. The van der Waals surface area contributed by atoms with E-state index in [2.05, 4.69) is 24.3 Å². The summed E-state index contributed by atoms with van der Waals surface area (Å²) in [6.45, 7) is 0. The van der Waals surface area contributed by atoms with E-state index < -0.39 is 0 Å². The summed E-state index contributed by atoms with van der Waals surface area (Å²) in [7, 11) is 1.68. The predicted molar refractivity (Wildman–Crippen MR) is 103 cm³/mol. The van der Waals surface area contributed by atoms with Gasteiger partial charge < -0.3 is 4.74 Å². The van der Waals surface area contributed by atoms with Crippen LogP contribution >= 0.6 is 23.2 Å². The number of methoxy groups -OCH3 is 1. The molecule has 0 fully saturated rings. The largest absolute Gasteiger partial charge is 0.496 e. The summed E-state index contributed by atoms with van der Waals surface area (Å²) < 4.78 is 5.51. The van der Waals surface area contributed by atoms with E-state index in [4.69, 9.17) is 27.9 Å². The molecule has 0 heterocycles. The molecule has 0 atom stereocenters. The molecule has 0 aliphatic rings. The van der Waals surface area contributed by atoms with Crippen LogP contribution in [-0.4, -0.2) is 7.11 Å². The highest BCUT2D eigenvalue weighted by Crippen LogP contribution is 2.37. The van der Waals surface area contributed by atoms with Crippen LogP contribution in [0.3, 0.4) is 0 Å². The van der Waals surface area contributed by atoms with Gasteiger partial charge in [0.15, 0.2) is 0 Å². The second-order valence-electron chi connectivity index (χ2n) is 5.50. The van der Waals surface area contributed by atoms with Gasteiger partial charge in [0.1, 0.15) is 5.75 Å². The number of ether oxygens (including phenoxy) is 1. The van der Waals surface area contributed by atoms with Crippen molar-refractivity contribution in [3.8, 4) is 28.0 Å². The Morgan fingerprint density at radius 3 is 1.96 bits per heavy atom. The predicted octanol–water partition coefficient (Wildman–Crippen LogP) is 6.51. The molecule has 24 heavy (non-hydrogen) atoms. The van der Waals surface area contributed by atoms with Gasteiger partial charge in [-0.2, -0.15) is 0 Å². The van der Waals surface area contributed by atoms with Gasteiger partial charge in [0.05, 0.1) is 7.11 Å². The van der Waals surface area contributed by atoms with Gasteiger partial charge in [-0.3, -0.25) is 0 Å². The normalized spacial score (nSPS) is 10.6. The van der Waals surface area contributed by atoms with Gasteiger partial charge in [-0.1, -0.05) is 48.5 Å². The summed E-state index contributed by atoms with van der Waals surface area (Å²) >= 11 is 12.5. The molecule has 0 amide bonds. The number of hydrogen-bond acceptors (Lipinski definition) is 1. The number of para-hydroxylation sites is 1. The SMILES string of the molecule is COc1ccccc1-c1cc(CCl)c(-c2ccccc2)cc1CCl. The van der Waals surface area contributed by atoms with Crippen molar-refractivity contribution >= 4 is 23.2 Å². The maximum Gasteiger partial charge on any atom is 0.126 e. The van der Waals surface area contributed by atoms with Gasteiger partial charge in [-0.25, -0.2) is 0 Å².